The van der Waals surface area contributed by atoms with Gasteiger partial charge in [0.25, 0.3) is 10.1 Å². The van der Waals surface area contributed by atoms with E-state index in [1.165, 1.54) is 0 Å². The molecule has 6 nitrogen and oxygen atoms in total. The van der Waals surface area contributed by atoms with E-state index in [4.69, 9.17) is 13.8 Å². The van der Waals surface area contributed by atoms with Crippen LogP contribution in [0.4, 0.5) is 0 Å². The minimum Gasteiger partial charge on any atom is -0.497 e. The maximum absolute atomic E-state index is 12.4. The summed E-state index contributed by atoms with van der Waals surface area (Å²) in [4.78, 5) is 6.30. The van der Waals surface area contributed by atoms with E-state index in [1.807, 2.05) is 48.4 Å². The Morgan fingerprint density at radius 1 is 1.07 bits per heavy atom. The number of nitrogens with zero attached hydrogens (tertiary/aromatic N) is 1. The average Bonchev–Trinajstić information content (AvgIpc) is 3.20. The zero-order chi connectivity index (χ0) is 21.1. The average molecular weight is 428 g/mol. The van der Waals surface area contributed by atoms with E-state index in [1.54, 1.807) is 31.4 Å². The Kier molecular flexibility index (Phi) is 5.94. The van der Waals surface area contributed by atoms with Gasteiger partial charge in [0.05, 0.1) is 18.6 Å². The van der Waals surface area contributed by atoms with Gasteiger partial charge in [0.2, 0.25) is 0 Å². The lowest BCUT2D eigenvalue weighted by Gasteiger charge is -2.18. The monoisotopic (exact) mass is 427 g/mol. The number of hydrogen-bond donors (Lipinski definition) is 0. The molecule has 3 aromatic rings. The number of rotatable bonds is 7. The lowest BCUT2D eigenvalue weighted by atomic mass is 10.1. The molecule has 3 aromatic carbocycles. The van der Waals surface area contributed by atoms with Crippen molar-refractivity contribution < 1.29 is 22.2 Å². The van der Waals surface area contributed by atoms with Crippen LogP contribution in [0.1, 0.15) is 12.0 Å². The topological polar surface area (TPSA) is 65.1 Å². The van der Waals surface area contributed by atoms with Gasteiger partial charge in [-0.1, -0.05) is 29.8 Å². The van der Waals surface area contributed by atoms with Gasteiger partial charge in [-0.15, -0.1) is 5.06 Å². The van der Waals surface area contributed by atoms with Gasteiger partial charge in [-0.2, -0.15) is 8.42 Å². The third kappa shape index (κ3) is 4.59. The number of aryl methyl sites for hydroxylation is 1. The fourth-order valence-corrected chi connectivity index (χ4v) is 4.53. The molecule has 0 aromatic heterocycles. The van der Waals surface area contributed by atoms with Gasteiger partial charge in [-0.25, -0.2) is 0 Å². The van der Waals surface area contributed by atoms with Crippen LogP contribution in [0.2, 0.25) is 0 Å². The molecule has 0 N–H and O–H groups in total. The summed E-state index contributed by atoms with van der Waals surface area (Å²) in [7, 11) is -2.10. The second kappa shape index (κ2) is 8.63. The first-order chi connectivity index (χ1) is 14.4. The Bertz CT molecular complexity index is 1130. The van der Waals surface area contributed by atoms with Crippen molar-refractivity contribution in [2.75, 3.05) is 26.8 Å². The predicted octanol–water partition coefficient (Wildman–Crippen LogP) is 4.18. The molecule has 0 aliphatic carbocycles. The van der Waals surface area contributed by atoms with Gasteiger partial charge in [0.1, 0.15) is 5.75 Å². The highest BCUT2D eigenvalue weighted by molar-refractivity contribution is 7.86. The van der Waals surface area contributed by atoms with Crippen molar-refractivity contribution in [1.29, 1.82) is 0 Å². The van der Waals surface area contributed by atoms with Gasteiger partial charge < -0.3 is 9.57 Å². The molecule has 0 bridgehead atoms. The van der Waals surface area contributed by atoms with Crippen LogP contribution in [0, 0.1) is 12.8 Å². The van der Waals surface area contributed by atoms with Crippen molar-refractivity contribution >= 4 is 20.9 Å². The number of fused-ring (bicyclic) bond motifs is 1. The zero-order valence-corrected chi connectivity index (χ0v) is 17.9. The Balaban J connectivity index is 1.37. The number of benzene rings is 3. The summed E-state index contributed by atoms with van der Waals surface area (Å²) in [5, 5.41) is 3.90. The molecule has 0 amide bonds. The molecule has 1 atom stereocenters. The lowest BCUT2D eigenvalue weighted by Crippen LogP contribution is -2.26. The van der Waals surface area contributed by atoms with Crippen molar-refractivity contribution in [3.8, 4) is 11.5 Å². The van der Waals surface area contributed by atoms with E-state index in [0.717, 1.165) is 34.3 Å². The van der Waals surface area contributed by atoms with Crippen LogP contribution in [-0.4, -0.2) is 40.3 Å². The molecule has 1 fully saturated rings. The Morgan fingerprint density at radius 2 is 1.87 bits per heavy atom. The van der Waals surface area contributed by atoms with E-state index in [9.17, 15) is 8.42 Å². The molecule has 1 unspecified atom stereocenters. The highest BCUT2D eigenvalue weighted by atomic mass is 32.2. The number of hydroxylamine groups is 2. The fraction of sp³-hybridized carbons (Fsp3) is 0.304. The van der Waals surface area contributed by atoms with E-state index in [-0.39, 0.29) is 17.4 Å². The minimum atomic E-state index is -3.75. The Labute approximate surface area is 177 Å². The predicted molar refractivity (Wildman–Crippen MR) is 115 cm³/mol. The summed E-state index contributed by atoms with van der Waals surface area (Å²) >= 11 is 0. The summed E-state index contributed by atoms with van der Waals surface area (Å²) in [5.41, 5.74) is 1.00. The molecule has 1 saturated heterocycles. The van der Waals surface area contributed by atoms with Crippen LogP contribution >= 0.6 is 0 Å². The van der Waals surface area contributed by atoms with Crippen molar-refractivity contribution in [2.24, 2.45) is 5.92 Å². The summed E-state index contributed by atoms with van der Waals surface area (Å²) in [6.07, 6.45) is 0.808. The second-order valence-corrected chi connectivity index (χ2v) is 9.14. The maximum atomic E-state index is 12.4. The van der Waals surface area contributed by atoms with Gasteiger partial charge in [-0.05, 0) is 55.1 Å². The fourth-order valence-electron chi connectivity index (χ4n) is 3.55. The number of ether oxygens (including phenoxy) is 1. The Morgan fingerprint density at radius 3 is 2.63 bits per heavy atom. The summed E-state index contributed by atoms with van der Waals surface area (Å²) in [5.74, 6) is 1.65. The zero-order valence-electron chi connectivity index (χ0n) is 17.1. The SMILES string of the molecule is COc1ccc2c(ON3CCC(COS(=O)(=O)c4ccc(C)cc4)C3)cccc2c1. The first-order valence-electron chi connectivity index (χ1n) is 9.90. The summed E-state index contributed by atoms with van der Waals surface area (Å²) in [6.45, 7) is 3.38. The van der Waals surface area contributed by atoms with Crippen LogP contribution in [0.3, 0.4) is 0 Å². The summed E-state index contributed by atoms with van der Waals surface area (Å²) < 4.78 is 35.4. The van der Waals surface area contributed by atoms with Crippen LogP contribution in [0.25, 0.3) is 10.8 Å². The van der Waals surface area contributed by atoms with Gasteiger partial charge in [-0.3, -0.25) is 4.18 Å². The largest absolute Gasteiger partial charge is 0.497 e. The van der Waals surface area contributed by atoms with Crippen molar-refractivity contribution in [3.63, 3.8) is 0 Å². The van der Waals surface area contributed by atoms with Crippen LogP contribution in [0.5, 0.6) is 11.5 Å². The number of hydrogen-bond acceptors (Lipinski definition) is 6. The normalized spacial score (nSPS) is 17.3. The quantitative estimate of drug-likeness (QED) is 0.527. The van der Waals surface area contributed by atoms with Gasteiger partial charge in [0.15, 0.2) is 5.75 Å². The molecule has 0 spiro atoms. The molecule has 1 aliphatic heterocycles. The van der Waals surface area contributed by atoms with Gasteiger partial charge in [0, 0.05) is 24.4 Å². The van der Waals surface area contributed by atoms with Crippen molar-refractivity contribution in [1.82, 2.24) is 5.06 Å². The first kappa shape index (κ1) is 20.7. The van der Waals surface area contributed by atoms with Crippen molar-refractivity contribution in [2.45, 2.75) is 18.2 Å². The first-order valence-corrected chi connectivity index (χ1v) is 11.3. The molecule has 30 heavy (non-hydrogen) atoms. The maximum Gasteiger partial charge on any atom is 0.296 e. The number of methoxy groups -OCH3 is 1. The van der Waals surface area contributed by atoms with E-state index in [0.29, 0.717) is 13.1 Å². The standard InChI is InChI=1S/C23H25NO5S/c1-17-6-9-21(10-7-17)30(25,26)28-16-18-12-13-24(15-18)29-23-5-3-4-19-14-20(27-2)8-11-22(19)23/h3-11,14,18H,12-13,15-16H2,1-2H3. The van der Waals surface area contributed by atoms with Crippen LogP contribution < -0.4 is 9.57 Å². The third-order valence-electron chi connectivity index (χ3n) is 5.29. The highest BCUT2D eigenvalue weighted by Gasteiger charge is 2.27. The van der Waals surface area contributed by atoms with Crippen molar-refractivity contribution in [3.05, 3.63) is 66.2 Å². The van der Waals surface area contributed by atoms with Crippen LogP contribution in [0.15, 0.2) is 65.6 Å². The third-order valence-corrected chi connectivity index (χ3v) is 6.59. The van der Waals surface area contributed by atoms with E-state index in [2.05, 4.69) is 0 Å². The van der Waals surface area contributed by atoms with E-state index < -0.39 is 10.1 Å². The molecule has 0 saturated carbocycles. The molecule has 7 heteroatoms. The molecule has 1 aliphatic rings. The minimum absolute atomic E-state index is 0.0836. The second-order valence-electron chi connectivity index (χ2n) is 7.53. The molecule has 158 valence electrons. The molecule has 1 heterocycles. The highest BCUT2D eigenvalue weighted by Crippen LogP contribution is 2.30. The van der Waals surface area contributed by atoms with E-state index >= 15 is 0 Å². The van der Waals surface area contributed by atoms with Crippen LogP contribution in [-0.2, 0) is 14.3 Å². The molecular formula is C23H25NO5S. The smallest absolute Gasteiger partial charge is 0.296 e. The molecule has 4 rings (SSSR count). The lowest BCUT2D eigenvalue weighted by molar-refractivity contribution is -0.0381. The van der Waals surface area contributed by atoms with Gasteiger partial charge >= 0.3 is 0 Å². The Hall–Kier alpha value is -2.61. The molecular weight excluding hydrogens is 402 g/mol. The summed E-state index contributed by atoms with van der Waals surface area (Å²) in [6, 6.07) is 18.4. The molecule has 0 radical (unpaired) electrons.